The van der Waals surface area contributed by atoms with Gasteiger partial charge in [0.05, 0.1) is 5.69 Å². The molecule has 25 heavy (non-hydrogen) atoms. The lowest BCUT2D eigenvalue weighted by atomic mass is 10.3. The Bertz CT molecular complexity index is 804. The van der Waals surface area contributed by atoms with Gasteiger partial charge >= 0.3 is 0 Å². The topological polar surface area (TPSA) is 50.3 Å². The van der Waals surface area contributed by atoms with Gasteiger partial charge in [0.25, 0.3) is 0 Å². The number of benzene rings is 2. The molecule has 5 nitrogen and oxygen atoms in total. The van der Waals surface area contributed by atoms with Crippen molar-refractivity contribution in [1.29, 1.82) is 0 Å². The van der Waals surface area contributed by atoms with E-state index in [1.54, 1.807) is 6.33 Å². The summed E-state index contributed by atoms with van der Waals surface area (Å²) >= 11 is 0. The maximum atomic E-state index is 5.99. The van der Waals surface area contributed by atoms with Gasteiger partial charge in [-0.2, -0.15) is 0 Å². The van der Waals surface area contributed by atoms with E-state index in [0.717, 1.165) is 41.9 Å². The number of ether oxygens (including phenoxy) is 1. The summed E-state index contributed by atoms with van der Waals surface area (Å²) < 4.78 is 5.99. The summed E-state index contributed by atoms with van der Waals surface area (Å²) in [7, 11) is 0. The number of hydrogen-bond donors (Lipinski definition) is 1. The van der Waals surface area contributed by atoms with Crippen molar-refractivity contribution in [3.05, 3.63) is 67.0 Å². The molecule has 0 aliphatic carbocycles. The maximum absolute atomic E-state index is 5.99. The van der Waals surface area contributed by atoms with Crippen LogP contribution in [0.4, 0.5) is 17.3 Å². The van der Waals surface area contributed by atoms with E-state index in [1.807, 2.05) is 60.7 Å². The number of anilines is 3. The van der Waals surface area contributed by atoms with Crippen LogP contribution in [0.5, 0.6) is 11.5 Å². The molecule has 0 spiro atoms. The van der Waals surface area contributed by atoms with Crippen molar-refractivity contribution < 1.29 is 4.74 Å². The predicted molar refractivity (Wildman–Crippen MR) is 102 cm³/mol. The van der Waals surface area contributed by atoms with Crippen LogP contribution in [0.3, 0.4) is 0 Å². The molecule has 1 N–H and O–H groups in total. The summed E-state index contributed by atoms with van der Waals surface area (Å²) in [6.45, 7) is 6.03. The Kier molecular flexibility index (Phi) is 5.46. The molecule has 0 atom stereocenters. The normalized spacial score (nSPS) is 10.3. The molecule has 128 valence electrons. The first kappa shape index (κ1) is 16.8. The van der Waals surface area contributed by atoms with Crippen LogP contribution in [0.15, 0.2) is 67.0 Å². The molecule has 0 radical (unpaired) electrons. The van der Waals surface area contributed by atoms with Crippen LogP contribution in [-0.4, -0.2) is 23.1 Å². The van der Waals surface area contributed by atoms with Gasteiger partial charge in [-0.3, -0.25) is 0 Å². The van der Waals surface area contributed by atoms with Gasteiger partial charge in [0.2, 0.25) is 0 Å². The minimum absolute atomic E-state index is 0.737. The van der Waals surface area contributed by atoms with E-state index in [9.17, 15) is 0 Å². The second-order valence-electron chi connectivity index (χ2n) is 5.47. The molecule has 0 saturated carbocycles. The average molecular weight is 334 g/mol. The van der Waals surface area contributed by atoms with Crippen LogP contribution in [0, 0.1) is 0 Å². The molecule has 3 aromatic rings. The minimum atomic E-state index is 0.737. The molecule has 1 aromatic heterocycles. The van der Waals surface area contributed by atoms with Crippen molar-refractivity contribution in [1.82, 2.24) is 9.97 Å². The van der Waals surface area contributed by atoms with Crippen molar-refractivity contribution >= 4 is 17.3 Å². The first-order chi connectivity index (χ1) is 12.3. The van der Waals surface area contributed by atoms with Gasteiger partial charge < -0.3 is 15.0 Å². The predicted octanol–water partition coefficient (Wildman–Crippen LogP) is 4.86. The van der Waals surface area contributed by atoms with E-state index in [-0.39, 0.29) is 0 Å². The second kappa shape index (κ2) is 8.15. The largest absolute Gasteiger partial charge is 0.455 e. The summed E-state index contributed by atoms with van der Waals surface area (Å²) in [4.78, 5) is 10.9. The fourth-order valence-corrected chi connectivity index (χ4v) is 2.55. The third-order valence-corrected chi connectivity index (χ3v) is 3.86. The summed E-state index contributed by atoms with van der Waals surface area (Å²) in [5.74, 6) is 3.19. The average Bonchev–Trinajstić information content (AvgIpc) is 2.66. The van der Waals surface area contributed by atoms with Gasteiger partial charge in [0.15, 0.2) is 5.75 Å². The van der Waals surface area contributed by atoms with Crippen LogP contribution in [-0.2, 0) is 0 Å². The maximum Gasteiger partial charge on any atom is 0.150 e. The summed E-state index contributed by atoms with van der Waals surface area (Å²) in [6, 6.07) is 19.5. The first-order valence-corrected chi connectivity index (χ1v) is 8.46. The molecule has 0 saturated heterocycles. The van der Waals surface area contributed by atoms with Gasteiger partial charge in [-0.05, 0) is 38.1 Å². The van der Waals surface area contributed by atoms with E-state index in [1.165, 1.54) is 0 Å². The standard InChI is InChI=1S/C20H22N4O/c1-3-24(4-2)20-14-19(21-15-22-20)23-17-12-8-9-13-18(17)25-16-10-6-5-7-11-16/h5-15H,3-4H2,1-2H3,(H,21,22,23). The number of nitrogens with zero attached hydrogens (tertiary/aromatic N) is 3. The molecule has 1 heterocycles. The molecule has 5 heteroatoms. The van der Waals surface area contributed by atoms with Crippen molar-refractivity contribution in [2.24, 2.45) is 0 Å². The number of hydrogen-bond acceptors (Lipinski definition) is 5. The minimum Gasteiger partial charge on any atom is -0.455 e. The molecule has 0 unspecified atom stereocenters. The zero-order chi connectivity index (χ0) is 17.5. The van der Waals surface area contributed by atoms with Gasteiger partial charge in [0.1, 0.15) is 23.7 Å². The SMILES string of the molecule is CCN(CC)c1cc(Nc2ccccc2Oc2ccccc2)ncn1. The van der Waals surface area contributed by atoms with E-state index in [0.29, 0.717) is 0 Å². The molecule has 3 rings (SSSR count). The molecule has 0 aliphatic heterocycles. The Labute approximate surface area is 148 Å². The van der Waals surface area contributed by atoms with Crippen LogP contribution in [0.1, 0.15) is 13.8 Å². The quantitative estimate of drug-likeness (QED) is 0.669. The fourth-order valence-electron chi connectivity index (χ4n) is 2.55. The lowest BCUT2D eigenvalue weighted by Gasteiger charge is -2.20. The van der Waals surface area contributed by atoms with Gasteiger partial charge in [-0.15, -0.1) is 0 Å². The second-order valence-corrected chi connectivity index (χ2v) is 5.47. The van der Waals surface area contributed by atoms with E-state index in [4.69, 9.17) is 4.74 Å². The zero-order valence-electron chi connectivity index (χ0n) is 14.5. The van der Waals surface area contributed by atoms with Crippen molar-refractivity contribution in [2.75, 3.05) is 23.3 Å². The highest BCUT2D eigenvalue weighted by molar-refractivity contribution is 5.66. The molecule has 0 amide bonds. The van der Waals surface area contributed by atoms with E-state index >= 15 is 0 Å². The fraction of sp³-hybridized carbons (Fsp3) is 0.200. The molecular weight excluding hydrogens is 312 g/mol. The Morgan fingerprint density at radius 1 is 0.920 bits per heavy atom. The highest BCUT2D eigenvalue weighted by atomic mass is 16.5. The molecule has 0 aliphatic rings. The third-order valence-electron chi connectivity index (χ3n) is 3.86. The lowest BCUT2D eigenvalue weighted by Crippen LogP contribution is -2.23. The van der Waals surface area contributed by atoms with Gasteiger partial charge in [-0.1, -0.05) is 30.3 Å². The number of nitrogens with one attached hydrogen (secondary N) is 1. The zero-order valence-corrected chi connectivity index (χ0v) is 14.5. The molecule has 0 bridgehead atoms. The van der Waals surface area contributed by atoms with Crippen molar-refractivity contribution in [2.45, 2.75) is 13.8 Å². The molecular formula is C20H22N4O. The van der Waals surface area contributed by atoms with Crippen LogP contribution in [0.2, 0.25) is 0 Å². The van der Waals surface area contributed by atoms with E-state index < -0.39 is 0 Å². The summed E-state index contributed by atoms with van der Waals surface area (Å²) in [6.07, 6.45) is 1.58. The van der Waals surface area contributed by atoms with Crippen LogP contribution < -0.4 is 15.0 Å². The van der Waals surface area contributed by atoms with Crippen LogP contribution >= 0.6 is 0 Å². The molecule has 2 aromatic carbocycles. The number of para-hydroxylation sites is 3. The summed E-state index contributed by atoms with van der Waals surface area (Å²) in [5.41, 5.74) is 0.857. The van der Waals surface area contributed by atoms with Crippen molar-refractivity contribution in [3.8, 4) is 11.5 Å². The number of aromatic nitrogens is 2. The van der Waals surface area contributed by atoms with Crippen molar-refractivity contribution in [3.63, 3.8) is 0 Å². The lowest BCUT2D eigenvalue weighted by molar-refractivity contribution is 0.485. The van der Waals surface area contributed by atoms with Crippen LogP contribution in [0.25, 0.3) is 0 Å². The first-order valence-electron chi connectivity index (χ1n) is 8.46. The Morgan fingerprint density at radius 3 is 2.40 bits per heavy atom. The summed E-state index contributed by atoms with van der Waals surface area (Å²) in [5, 5.41) is 3.33. The molecule has 0 fully saturated rings. The number of rotatable bonds is 7. The highest BCUT2D eigenvalue weighted by Crippen LogP contribution is 2.31. The Balaban J connectivity index is 1.83. The highest BCUT2D eigenvalue weighted by Gasteiger charge is 2.08. The monoisotopic (exact) mass is 334 g/mol. The van der Waals surface area contributed by atoms with E-state index in [2.05, 4.69) is 34.0 Å². The third kappa shape index (κ3) is 4.26. The Hall–Kier alpha value is -3.08. The van der Waals surface area contributed by atoms with Gasteiger partial charge in [-0.25, -0.2) is 9.97 Å². The Morgan fingerprint density at radius 2 is 1.64 bits per heavy atom. The van der Waals surface area contributed by atoms with Gasteiger partial charge in [0, 0.05) is 19.2 Å². The smallest absolute Gasteiger partial charge is 0.150 e.